The van der Waals surface area contributed by atoms with Crippen molar-refractivity contribution in [1.29, 1.82) is 0 Å². The van der Waals surface area contributed by atoms with E-state index >= 15 is 0 Å². The van der Waals surface area contributed by atoms with Gasteiger partial charge in [-0.05, 0) is 32.1 Å². The first kappa shape index (κ1) is 29.2. The van der Waals surface area contributed by atoms with Crippen molar-refractivity contribution in [3.8, 4) is 0 Å². The van der Waals surface area contributed by atoms with Crippen molar-refractivity contribution in [3.05, 3.63) is 12.2 Å². The summed E-state index contributed by atoms with van der Waals surface area (Å²) in [5.74, 6) is -1.10. The molecule has 0 fully saturated rings. The van der Waals surface area contributed by atoms with Crippen LogP contribution in [0.1, 0.15) is 96.8 Å². The first-order valence-corrected chi connectivity index (χ1v) is 11.0. The molecule has 0 aromatic rings. The molecule has 0 aliphatic heterocycles. The summed E-state index contributed by atoms with van der Waals surface area (Å²) in [7, 11) is 0. The van der Waals surface area contributed by atoms with Crippen LogP contribution in [0.4, 0.5) is 0 Å². The summed E-state index contributed by atoms with van der Waals surface area (Å²) in [4.78, 5) is 22.4. The van der Waals surface area contributed by atoms with Crippen LogP contribution in [0.15, 0.2) is 12.2 Å². The Labute approximate surface area is 194 Å². The van der Waals surface area contributed by atoms with Gasteiger partial charge in [0.1, 0.15) is 6.04 Å². The Morgan fingerprint density at radius 3 is 1.85 bits per heavy atom. The number of carboxylic acid groups (broad SMARTS) is 1. The second-order valence-electron chi connectivity index (χ2n) is 6.98. The molecular weight excluding hydrogens is 369 g/mol. The zero-order valence-electron chi connectivity index (χ0n) is 16.5. The number of carbonyl (C=O) groups is 2. The number of amides is 1. The zero-order chi connectivity index (χ0) is 19.5. The quantitative estimate of drug-likeness (QED) is 0.131. The van der Waals surface area contributed by atoms with Gasteiger partial charge in [0.15, 0.2) is 0 Å². The van der Waals surface area contributed by atoms with E-state index in [2.05, 4.69) is 37.0 Å². The van der Waals surface area contributed by atoms with Crippen LogP contribution in [0.3, 0.4) is 0 Å². The minimum atomic E-state index is -1.03. The van der Waals surface area contributed by atoms with Crippen LogP contribution >= 0.6 is 12.6 Å². The number of unbranched alkanes of at least 4 members (excludes halogenated alkanes) is 11. The Kier molecular flexibility index (Phi) is 24.2. The molecule has 1 atom stereocenters. The molecule has 0 saturated heterocycles. The van der Waals surface area contributed by atoms with Crippen LogP contribution < -0.4 is 5.32 Å². The van der Waals surface area contributed by atoms with Crippen molar-refractivity contribution < 1.29 is 14.7 Å². The maximum absolute atomic E-state index is 11.6. The predicted octanol–water partition coefficient (Wildman–Crippen LogP) is 4.87. The number of aliphatic carboxylic acids is 1. The second-order valence-corrected chi connectivity index (χ2v) is 7.34. The predicted molar refractivity (Wildman–Crippen MR) is 120 cm³/mol. The third kappa shape index (κ3) is 20.6. The number of carbonyl (C=O) groups excluding carboxylic acids is 1. The monoisotopic (exact) mass is 409 g/mol. The number of thiol groups is 1. The Balaban J connectivity index is 0. The van der Waals surface area contributed by atoms with E-state index in [-0.39, 0.29) is 41.2 Å². The summed E-state index contributed by atoms with van der Waals surface area (Å²) >= 11 is 3.93. The van der Waals surface area contributed by atoms with Crippen LogP contribution in [-0.2, 0) is 9.59 Å². The second kappa shape index (κ2) is 22.3. The molecule has 27 heavy (non-hydrogen) atoms. The molecule has 0 radical (unpaired) electrons. The summed E-state index contributed by atoms with van der Waals surface area (Å²) in [6, 6.07) is -0.881. The van der Waals surface area contributed by atoms with Gasteiger partial charge in [-0.1, -0.05) is 70.4 Å². The van der Waals surface area contributed by atoms with Crippen molar-refractivity contribution in [1.82, 2.24) is 5.32 Å². The molecule has 0 aliphatic rings. The number of nitrogens with one attached hydrogen (secondary N) is 1. The Bertz CT molecular complexity index is 392. The van der Waals surface area contributed by atoms with Crippen LogP contribution in [0.2, 0.25) is 0 Å². The molecule has 0 saturated carbocycles. The molecule has 0 aliphatic carbocycles. The Hall–Kier alpha value is 0.0300. The van der Waals surface area contributed by atoms with E-state index in [0.29, 0.717) is 6.42 Å². The van der Waals surface area contributed by atoms with E-state index in [4.69, 9.17) is 5.11 Å². The maximum atomic E-state index is 11.6. The normalized spacial score (nSPS) is 11.9. The van der Waals surface area contributed by atoms with Gasteiger partial charge >= 0.3 is 35.5 Å². The van der Waals surface area contributed by atoms with Gasteiger partial charge in [0, 0.05) is 12.2 Å². The third-order valence-electron chi connectivity index (χ3n) is 4.48. The molecule has 2 N–H and O–H groups in total. The van der Waals surface area contributed by atoms with Crippen molar-refractivity contribution >= 4 is 54.1 Å². The fourth-order valence-corrected chi connectivity index (χ4v) is 3.06. The molecule has 1 unspecified atom stereocenters. The van der Waals surface area contributed by atoms with E-state index in [1.165, 1.54) is 57.8 Å². The van der Waals surface area contributed by atoms with Gasteiger partial charge < -0.3 is 10.4 Å². The molecule has 0 spiro atoms. The van der Waals surface area contributed by atoms with Crippen LogP contribution in [0.25, 0.3) is 0 Å². The number of hydrogen-bond acceptors (Lipinski definition) is 3. The summed E-state index contributed by atoms with van der Waals surface area (Å²) in [6.07, 6.45) is 20.9. The van der Waals surface area contributed by atoms with Crippen LogP contribution in [0.5, 0.6) is 0 Å². The summed E-state index contributed by atoms with van der Waals surface area (Å²) in [6.45, 7) is 2.25. The summed E-state index contributed by atoms with van der Waals surface area (Å²) in [5.41, 5.74) is 0. The molecule has 154 valence electrons. The first-order chi connectivity index (χ1) is 12.6. The Morgan fingerprint density at radius 1 is 0.889 bits per heavy atom. The summed E-state index contributed by atoms with van der Waals surface area (Å²) in [5, 5.41) is 11.3. The van der Waals surface area contributed by atoms with Crippen molar-refractivity contribution in [2.24, 2.45) is 0 Å². The van der Waals surface area contributed by atoms with Gasteiger partial charge in [0.05, 0.1) is 0 Å². The van der Waals surface area contributed by atoms with Gasteiger partial charge in [-0.25, -0.2) is 4.79 Å². The van der Waals surface area contributed by atoms with E-state index < -0.39 is 12.0 Å². The van der Waals surface area contributed by atoms with Crippen LogP contribution in [0, 0.1) is 0 Å². The van der Waals surface area contributed by atoms with Gasteiger partial charge in [0.2, 0.25) is 5.91 Å². The van der Waals surface area contributed by atoms with Gasteiger partial charge in [-0.15, -0.1) is 0 Å². The number of hydrogen-bond donors (Lipinski definition) is 3. The molecule has 0 aromatic carbocycles. The van der Waals surface area contributed by atoms with Gasteiger partial charge in [0.25, 0.3) is 0 Å². The van der Waals surface area contributed by atoms with Gasteiger partial charge in [-0.3, -0.25) is 4.79 Å². The number of allylic oxidation sites excluding steroid dienone is 2. The molecule has 0 aromatic heterocycles. The van der Waals surface area contributed by atoms with E-state index in [0.717, 1.165) is 25.7 Å². The fourth-order valence-electron chi connectivity index (χ4n) is 2.81. The fraction of sp³-hybridized carbons (Fsp3) is 0.810. The first-order valence-electron chi connectivity index (χ1n) is 10.4. The van der Waals surface area contributed by atoms with Gasteiger partial charge in [-0.2, -0.15) is 12.6 Å². The SMILES string of the molecule is CCCCCCCC/C=C\CCCCCCCC(=O)NC(CS)C(=O)O.[NaH]. The average Bonchev–Trinajstić information content (AvgIpc) is 2.62. The molecule has 1 amide bonds. The zero-order valence-corrected chi connectivity index (χ0v) is 17.4. The summed E-state index contributed by atoms with van der Waals surface area (Å²) < 4.78 is 0. The molecule has 0 bridgehead atoms. The minimum absolute atomic E-state index is 0. The number of rotatable bonds is 18. The van der Waals surface area contributed by atoms with Crippen molar-refractivity contribution in [3.63, 3.8) is 0 Å². The average molecular weight is 410 g/mol. The Morgan fingerprint density at radius 2 is 1.37 bits per heavy atom. The van der Waals surface area contributed by atoms with Crippen molar-refractivity contribution in [2.45, 2.75) is 103 Å². The van der Waals surface area contributed by atoms with E-state index in [1.807, 2.05) is 0 Å². The van der Waals surface area contributed by atoms with E-state index in [1.54, 1.807) is 0 Å². The molecule has 0 rings (SSSR count). The standard InChI is InChI=1S/C21H39NO3S.Na.H/c1-2-3-4-5-6-7-8-9-10-11-12-13-14-15-16-17-20(23)22-19(18-26)21(24)25;;/h9-10,19,26H,2-8,11-18H2,1H3,(H,22,23)(H,24,25);;/b10-9-;;. The molecule has 0 heterocycles. The van der Waals surface area contributed by atoms with Crippen LogP contribution in [-0.4, -0.2) is 58.3 Å². The molecular formula is C21H40NNaO3S. The number of carboxylic acids is 1. The molecule has 4 nitrogen and oxygen atoms in total. The molecule has 6 heteroatoms. The van der Waals surface area contributed by atoms with Crippen molar-refractivity contribution in [2.75, 3.05) is 5.75 Å². The third-order valence-corrected chi connectivity index (χ3v) is 4.85. The topological polar surface area (TPSA) is 66.4 Å². The van der Waals surface area contributed by atoms with E-state index in [9.17, 15) is 9.59 Å².